The normalized spacial score (nSPS) is 45.5. The first kappa shape index (κ1) is 116. The van der Waals surface area contributed by atoms with Crippen LogP contribution < -0.4 is 11.5 Å². The molecule has 57 nitrogen and oxygen atoms in total. The van der Waals surface area contributed by atoms with Gasteiger partial charge in [-0.1, -0.05) is 27.7 Å². The van der Waals surface area contributed by atoms with Crippen molar-refractivity contribution in [2.75, 3.05) is 79.2 Å². The van der Waals surface area contributed by atoms with Crippen molar-refractivity contribution in [2.24, 2.45) is 35.1 Å². The van der Waals surface area contributed by atoms with Crippen molar-refractivity contribution in [3.63, 3.8) is 0 Å². The summed E-state index contributed by atoms with van der Waals surface area (Å²) in [5.74, 6) is -14.8. The second-order valence-electron chi connectivity index (χ2n) is 35.7. The van der Waals surface area contributed by atoms with Gasteiger partial charge >= 0.3 is 11.9 Å². The van der Waals surface area contributed by atoms with Crippen LogP contribution in [0.25, 0.3) is 0 Å². The molecule has 136 heavy (non-hydrogen) atoms. The molecule has 794 valence electrons. The second kappa shape index (κ2) is 51.3. The number of aliphatic hydroxyl groups is 30. The molecule has 0 bridgehead atoms. The zero-order valence-electron chi connectivity index (χ0n) is 75.1. The van der Waals surface area contributed by atoms with Gasteiger partial charge in [-0.05, 0) is 20.3 Å². The van der Waals surface area contributed by atoms with Crippen molar-refractivity contribution in [2.45, 2.75) is 373 Å². The van der Waals surface area contributed by atoms with E-state index in [2.05, 4.69) is 0 Å². The number of carbonyl (C=O) groups is 2. The molecule has 0 aliphatic carbocycles. The third-order valence-electron chi connectivity index (χ3n) is 26.3. The Morgan fingerprint density at radius 2 is 0.890 bits per heavy atom. The van der Waals surface area contributed by atoms with E-state index in [9.17, 15) is 173 Å². The minimum atomic E-state index is -3.04. The molecule has 9 aliphatic heterocycles. The molecule has 0 aromatic heterocycles. The SMILES string of the molecule is BOCC1OC(C)[C@@H](C)[C@@H](O)[C@@H]1OC1OC(CO)C(OC2OC(COC3OC(CO)C(O)[C@H](O)[C@H]3OC3OC(CO)C(OC4OC(COC5(C(=O)O)C[C@@H](O)[C@@H](N)C([C@@H](O)[C@H](O)CO)O5)C(O)[C@@H](O)[C@@H]4O)[C@H](O)[C@@H]3C)[C@@H](O)[C@H](OC(O)[C@@H](OC3OC(CO)C(OC4OC(COC(C[C@@H](O)CN)(OC(C)[C@@H](O)[C@H](O)CO)C(=O)O)C(O)[C@@H](O)[C@@H]4O)[C@H](O)[C@@H]3C)[C@H](O)C(O)CCO)[C@H]2O)[C@H](O)[C@@H]1C. The lowest BCUT2D eigenvalue weighted by atomic mass is 9.88. The van der Waals surface area contributed by atoms with E-state index in [0.717, 1.165) is 13.8 Å². The fourth-order valence-corrected chi connectivity index (χ4v) is 17.3. The van der Waals surface area contributed by atoms with Crippen LogP contribution in [0.3, 0.4) is 0 Å². The van der Waals surface area contributed by atoms with Crippen LogP contribution in [0, 0.1) is 23.7 Å². The Labute approximate surface area is 777 Å². The van der Waals surface area contributed by atoms with Gasteiger partial charge in [-0.15, -0.1) is 0 Å². The molecule has 9 rings (SSSR count). The van der Waals surface area contributed by atoms with E-state index in [0.29, 0.717) is 0 Å². The largest absolute Gasteiger partial charge is 0.477 e. The maximum atomic E-state index is 13.0. The minimum Gasteiger partial charge on any atom is -0.477 e. The number of carboxylic acid groups (broad SMARTS) is 2. The molecular weight excluding hydrogens is 1860 g/mol. The molecule has 9 heterocycles. The lowest BCUT2D eigenvalue weighted by Gasteiger charge is -2.50. The van der Waals surface area contributed by atoms with Crippen molar-refractivity contribution in [1.82, 2.24) is 0 Å². The van der Waals surface area contributed by atoms with E-state index in [4.69, 9.17) is 111 Å². The van der Waals surface area contributed by atoms with Crippen molar-refractivity contribution < 1.29 is 272 Å². The Kier molecular flexibility index (Phi) is 43.9. The fraction of sp³-hybridized carbons (Fsp3) is 0.974. The molecule has 9 saturated heterocycles. The number of hydrogen-bond donors (Lipinski definition) is 34. The number of carboxylic acids is 2. The van der Waals surface area contributed by atoms with E-state index >= 15 is 0 Å². The molecule has 0 radical (unpaired) electrons. The highest BCUT2D eigenvalue weighted by Crippen LogP contribution is 2.43. The molecule has 55 atom stereocenters. The molecular formula is C78H139BN2O55. The van der Waals surface area contributed by atoms with E-state index < -0.39 is 440 Å². The third-order valence-corrected chi connectivity index (χ3v) is 26.3. The molecule has 0 spiro atoms. The number of aliphatic carboxylic acids is 2. The Morgan fingerprint density at radius 1 is 0.449 bits per heavy atom. The monoisotopic (exact) mass is 1990 g/mol. The van der Waals surface area contributed by atoms with Crippen LogP contribution in [0.4, 0.5) is 0 Å². The summed E-state index contributed by atoms with van der Waals surface area (Å²) in [7, 11) is 1.36. The Bertz CT molecular complexity index is 3550. The smallest absolute Gasteiger partial charge is 0.364 e. The molecule has 0 aromatic carbocycles. The molecule has 0 saturated carbocycles. The van der Waals surface area contributed by atoms with Crippen molar-refractivity contribution in [3.8, 4) is 0 Å². The molecule has 0 amide bonds. The molecule has 36 N–H and O–H groups in total. The highest BCUT2D eigenvalue weighted by molar-refractivity contribution is 5.97. The summed E-state index contributed by atoms with van der Waals surface area (Å²) in [6, 6.07) is -1.59. The van der Waals surface area contributed by atoms with Crippen LogP contribution in [-0.4, -0.2) is 575 Å². The molecule has 0 aromatic rings. The van der Waals surface area contributed by atoms with Gasteiger partial charge in [0.2, 0.25) is 0 Å². The Morgan fingerprint density at radius 3 is 1.37 bits per heavy atom. The zero-order valence-corrected chi connectivity index (χ0v) is 75.1. The zero-order chi connectivity index (χ0) is 101. The van der Waals surface area contributed by atoms with Crippen molar-refractivity contribution in [1.29, 1.82) is 0 Å². The molecule has 9 fully saturated rings. The molecule has 58 heteroatoms. The predicted octanol–water partition coefficient (Wildman–Crippen LogP) is -20.3. The highest BCUT2D eigenvalue weighted by Gasteiger charge is 2.62. The topological polar surface area (TPSA) is 927 Å². The van der Waals surface area contributed by atoms with Crippen molar-refractivity contribution in [3.05, 3.63) is 0 Å². The van der Waals surface area contributed by atoms with Crippen LogP contribution >= 0.6 is 0 Å². The minimum absolute atomic E-state index is 0.105. The van der Waals surface area contributed by atoms with E-state index in [1.807, 2.05) is 0 Å². The number of aliphatic hydroxyl groups excluding tert-OH is 30. The van der Waals surface area contributed by atoms with Gasteiger partial charge in [0.15, 0.2) is 50.3 Å². The van der Waals surface area contributed by atoms with Gasteiger partial charge in [-0.2, -0.15) is 0 Å². The third kappa shape index (κ3) is 26.3. The standard InChI is InChI=1S/C78H139BN2O55/c1-22-26(5)120-40(21-119-79)62(42(22)94)129-68-23(2)43(95)61(36(17-88)122-68)132-73-58(110)64(128-67(111)65(47(99)29(90)7-8-82)133-69-24(3)44(96)59(34(15-86)123-69)130-71-56(108)53(105)50(102)38(126-71)19-117-77(75(112)113,9-28(89)11-80)135-27(6)46(98)31(92)12-83)52(104)37(125-73)18-116-74-66(55(107)49(101)33(14-85)121-74)134-70-25(4)45(97)60(35(16-87)124-70)131-72-57(109)54(106)51(103)39(127-72)20-118-78(76(114)115)10-30(91)41(81)63(136-78)48(100)32(93)13-84/h22-74,82-111H,7-21,79-81H2,1-6H3,(H,112,113)(H,114,115)/t22-,23+,24+,25+,26?,27?,28-,29?,30-,31-,32-,33?,34?,35?,36?,37?,38?,39?,40?,41-,42-,43-,44-,45-,46-,47-,48+,49?,50?,51?,52-,53-,54-,55+,56+,57+,58-,59?,60?,61?,62-,63?,64+,65+,66-,67?,68?,69?,70?,71?,72?,73?,74?,77?,78?/m1/s1. The van der Waals surface area contributed by atoms with Gasteiger partial charge < -0.3 is 274 Å². The lowest BCUT2D eigenvalue weighted by Crippen LogP contribution is -2.67. The number of nitrogens with two attached hydrogens (primary N) is 2. The van der Waals surface area contributed by atoms with Gasteiger partial charge in [0.1, 0.15) is 189 Å². The molecule has 9 aliphatic rings. The van der Waals surface area contributed by atoms with E-state index in [-0.39, 0.29) is 6.61 Å². The van der Waals surface area contributed by atoms with Gasteiger partial charge in [0.25, 0.3) is 19.6 Å². The van der Waals surface area contributed by atoms with Crippen LogP contribution in [0.2, 0.25) is 0 Å². The first-order valence-corrected chi connectivity index (χ1v) is 44.5. The van der Waals surface area contributed by atoms with Gasteiger partial charge in [-0.3, -0.25) is 0 Å². The Balaban J connectivity index is 0.969. The second-order valence-corrected chi connectivity index (χ2v) is 35.7. The first-order valence-electron chi connectivity index (χ1n) is 44.5. The Hall–Kier alpha value is -3.12. The first-order chi connectivity index (χ1) is 64.0. The van der Waals surface area contributed by atoms with Crippen LogP contribution in [0.15, 0.2) is 0 Å². The van der Waals surface area contributed by atoms with Crippen LogP contribution in [0.5, 0.6) is 0 Å². The van der Waals surface area contributed by atoms with Crippen LogP contribution in [-0.2, 0) is 109 Å². The summed E-state index contributed by atoms with van der Waals surface area (Å²) in [5.41, 5.74) is 11.5. The van der Waals surface area contributed by atoms with Crippen molar-refractivity contribution >= 4 is 20.0 Å². The maximum absolute atomic E-state index is 13.0. The summed E-state index contributed by atoms with van der Waals surface area (Å²) >= 11 is 0. The highest BCUT2D eigenvalue weighted by atomic mass is 16.8. The van der Waals surface area contributed by atoms with Gasteiger partial charge in [0.05, 0.1) is 127 Å². The summed E-state index contributed by atoms with van der Waals surface area (Å²) < 4.78 is 124. The summed E-state index contributed by atoms with van der Waals surface area (Å²) in [4.78, 5) is 25.8. The van der Waals surface area contributed by atoms with Crippen LogP contribution in [0.1, 0.15) is 60.8 Å². The number of ether oxygens (including phenoxy) is 20. The average molecular weight is 2000 g/mol. The quantitative estimate of drug-likeness (QED) is 0.0199. The number of rotatable bonds is 47. The van der Waals surface area contributed by atoms with Gasteiger partial charge in [0, 0.05) is 49.7 Å². The fourth-order valence-electron chi connectivity index (χ4n) is 17.3. The predicted molar refractivity (Wildman–Crippen MR) is 433 cm³/mol. The molecule has 28 unspecified atom stereocenters. The average Bonchev–Trinajstić information content (AvgIpc) is 0.780. The van der Waals surface area contributed by atoms with E-state index in [1.54, 1.807) is 13.8 Å². The maximum Gasteiger partial charge on any atom is 0.364 e. The summed E-state index contributed by atoms with van der Waals surface area (Å²) in [6.45, 7) is -3.39. The van der Waals surface area contributed by atoms with Gasteiger partial charge in [-0.25, -0.2) is 9.59 Å². The number of hydrogen-bond acceptors (Lipinski definition) is 55. The lowest BCUT2D eigenvalue weighted by molar-refractivity contribution is -0.391. The van der Waals surface area contributed by atoms with E-state index in [1.165, 1.54) is 21.9 Å². The summed E-state index contributed by atoms with van der Waals surface area (Å²) in [6.07, 6.45) is -98.3. The summed E-state index contributed by atoms with van der Waals surface area (Å²) in [5, 5.41) is 355.